The summed E-state index contributed by atoms with van der Waals surface area (Å²) in [5.74, 6) is 0. The van der Waals surface area contributed by atoms with Gasteiger partial charge >= 0.3 is 6.18 Å². The van der Waals surface area contributed by atoms with Gasteiger partial charge < -0.3 is 5.73 Å². The molecule has 0 saturated carbocycles. The lowest BCUT2D eigenvalue weighted by molar-refractivity contribution is -0.149. The van der Waals surface area contributed by atoms with Gasteiger partial charge in [-0.1, -0.05) is 12.1 Å². The molecule has 0 spiro atoms. The molecule has 1 unspecified atom stereocenters. The van der Waals surface area contributed by atoms with Crippen molar-refractivity contribution in [1.29, 1.82) is 5.26 Å². The van der Waals surface area contributed by atoms with Gasteiger partial charge in [-0.2, -0.15) is 18.4 Å². The van der Waals surface area contributed by atoms with Crippen molar-refractivity contribution in [3.8, 4) is 6.07 Å². The quantitative estimate of drug-likeness (QED) is 0.754. The SMILES string of the molecule is N#Cc1ccc(C(N)C(F)(F)F)cc1. The summed E-state index contributed by atoms with van der Waals surface area (Å²) in [5, 5.41) is 8.42. The van der Waals surface area contributed by atoms with E-state index in [1.54, 1.807) is 0 Å². The third-order valence-electron chi connectivity index (χ3n) is 1.75. The van der Waals surface area contributed by atoms with Gasteiger partial charge in [-0.15, -0.1) is 0 Å². The Morgan fingerprint density at radius 3 is 2.07 bits per heavy atom. The van der Waals surface area contributed by atoms with Gasteiger partial charge in [0.2, 0.25) is 0 Å². The maximum Gasteiger partial charge on any atom is 0.407 e. The van der Waals surface area contributed by atoms with Gasteiger partial charge in [0.1, 0.15) is 6.04 Å². The highest BCUT2D eigenvalue weighted by Crippen LogP contribution is 2.30. The Morgan fingerprint density at radius 1 is 1.21 bits per heavy atom. The first kappa shape index (κ1) is 10.5. The first-order chi connectivity index (χ1) is 6.45. The predicted octanol–water partition coefficient (Wildman–Crippen LogP) is 2.12. The van der Waals surface area contributed by atoms with E-state index in [0.717, 1.165) is 0 Å². The number of nitrogens with zero attached hydrogens (tertiary/aromatic N) is 1. The molecule has 2 nitrogen and oxygen atoms in total. The van der Waals surface area contributed by atoms with Gasteiger partial charge in [-0.25, -0.2) is 0 Å². The van der Waals surface area contributed by atoms with Crippen molar-refractivity contribution < 1.29 is 13.2 Å². The second kappa shape index (κ2) is 3.68. The molecule has 1 aromatic carbocycles. The van der Waals surface area contributed by atoms with Crippen LogP contribution in [0.4, 0.5) is 13.2 Å². The van der Waals surface area contributed by atoms with E-state index in [2.05, 4.69) is 0 Å². The number of halogens is 3. The predicted molar refractivity (Wildman–Crippen MR) is 44.1 cm³/mol. The van der Waals surface area contributed by atoms with Gasteiger partial charge in [0.15, 0.2) is 0 Å². The lowest BCUT2D eigenvalue weighted by Gasteiger charge is -2.15. The Balaban J connectivity index is 2.94. The summed E-state index contributed by atoms with van der Waals surface area (Å²) in [6.07, 6.45) is -4.45. The van der Waals surface area contributed by atoms with Gasteiger partial charge in [0, 0.05) is 0 Å². The number of nitrogens with two attached hydrogens (primary N) is 1. The number of nitriles is 1. The van der Waals surface area contributed by atoms with Crippen molar-refractivity contribution in [1.82, 2.24) is 0 Å². The smallest absolute Gasteiger partial charge is 0.316 e. The molecule has 0 aliphatic heterocycles. The first-order valence-electron chi connectivity index (χ1n) is 3.77. The Kier molecular flexibility index (Phi) is 2.77. The second-order valence-electron chi connectivity index (χ2n) is 2.75. The first-order valence-corrected chi connectivity index (χ1v) is 3.77. The Hall–Kier alpha value is -1.54. The van der Waals surface area contributed by atoms with E-state index in [0.29, 0.717) is 5.56 Å². The number of hydrogen-bond donors (Lipinski definition) is 1. The van der Waals surface area contributed by atoms with Crippen LogP contribution in [0, 0.1) is 11.3 Å². The summed E-state index contributed by atoms with van der Waals surface area (Å²) in [5.41, 5.74) is 5.22. The molecule has 2 N–H and O–H groups in total. The van der Waals surface area contributed by atoms with Crippen LogP contribution >= 0.6 is 0 Å². The number of benzene rings is 1. The van der Waals surface area contributed by atoms with Crippen LogP contribution in [-0.4, -0.2) is 6.18 Å². The molecule has 0 fully saturated rings. The Labute approximate surface area is 78.8 Å². The second-order valence-corrected chi connectivity index (χ2v) is 2.75. The molecule has 1 atom stereocenters. The van der Waals surface area contributed by atoms with Crippen molar-refractivity contribution in [2.75, 3.05) is 0 Å². The molecule has 1 aromatic rings. The van der Waals surface area contributed by atoms with Crippen molar-refractivity contribution in [3.63, 3.8) is 0 Å². The van der Waals surface area contributed by atoms with Crippen LogP contribution < -0.4 is 5.73 Å². The maximum atomic E-state index is 12.1. The highest BCUT2D eigenvalue weighted by Gasteiger charge is 2.37. The van der Waals surface area contributed by atoms with E-state index in [4.69, 9.17) is 11.0 Å². The van der Waals surface area contributed by atoms with Crippen molar-refractivity contribution in [2.45, 2.75) is 12.2 Å². The topological polar surface area (TPSA) is 49.8 Å². The fraction of sp³-hybridized carbons (Fsp3) is 0.222. The summed E-state index contributed by atoms with van der Waals surface area (Å²) in [6, 6.07) is 4.84. The fourth-order valence-electron chi connectivity index (χ4n) is 0.954. The van der Waals surface area contributed by atoms with E-state index >= 15 is 0 Å². The third-order valence-corrected chi connectivity index (χ3v) is 1.75. The van der Waals surface area contributed by atoms with E-state index in [1.165, 1.54) is 24.3 Å². The molecular formula is C9H7F3N2. The third kappa shape index (κ3) is 2.24. The molecule has 14 heavy (non-hydrogen) atoms. The number of hydrogen-bond acceptors (Lipinski definition) is 2. The van der Waals surface area contributed by atoms with Crippen LogP contribution in [0.2, 0.25) is 0 Å². The largest absolute Gasteiger partial charge is 0.407 e. The summed E-state index contributed by atoms with van der Waals surface area (Å²) in [4.78, 5) is 0. The molecule has 5 heteroatoms. The normalized spacial score (nSPS) is 13.4. The number of rotatable bonds is 1. The minimum atomic E-state index is -4.45. The molecule has 1 rings (SSSR count). The van der Waals surface area contributed by atoms with E-state index in [9.17, 15) is 13.2 Å². The zero-order chi connectivity index (χ0) is 10.8. The molecule has 0 amide bonds. The van der Waals surface area contributed by atoms with Crippen LogP contribution in [0.3, 0.4) is 0 Å². The average molecular weight is 200 g/mol. The molecule has 74 valence electrons. The molecule has 0 aliphatic carbocycles. The van der Waals surface area contributed by atoms with Gasteiger partial charge in [0.05, 0.1) is 11.6 Å². The molecule has 0 bridgehead atoms. The van der Waals surface area contributed by atoms with Crippen LogP contribution in [-0.2, 0) is 0 Å². The monoisotopic (exact) mass is 200 g/mol. The van der Waals surface area contributed by atoms with Gasteiger partial charge in [-0.3, -0.25) is 0 Å². The summed E-state index contributed by atoms with van der Waals surface area (Å²) >= 11 is 0. The Bertz CT molecular complexity index is 348. The minimum Gasteiger partial charge on any atom is -0.316 e. The lowest BCUT2D eigenvalue weighted by Crippen LogP contribution is -2.28. The van der Waals surface area contributed by atoms with Gasteiger partial charge in [-0.05, 0) is 17.7 Å². The van der Waals surface area contributed by atoms with Crippen molar-refractivity contribution >= 4 is 0 Å². The number of alkyl halides is 3. The summed E-state index contributed by atoms with van der Waals surface area (Å²) < 4.78 is 36.4. The van der Waals surface area contributed by atoms with Crippen LogP contribution in [0.25, 0.3) is 0 Å². The maximum absolute atomic E-state index is 12.1. The van der Waals surface area contributed by atoms with Crippen LogP contribution in [0.5, 0.6) is 0 Å². The molecule has 0 heterocycles. The zero-order valence-corrected chi connectivity index (χ0v) is 7.05. The highest BCUT2D eigenvalue weighted by molar-refractivity contribution is 5.33. The van der Waals surface area contributed by atoms with E-state index in [1.807, 2.05) is 6.07 Å². The highest BCUT2D eigenvalue weighted by atomic mass is 19.4. The molecular weight excluding hydrogens is 193 g/mol. The standard InChI is InChI=1S/C9H7F3N2/c10-9(11,12)8(14)7-3-1-6(5-13)2-4-7/h1-4,8H,14H2. The van der Waals surface area contributed by atoms with E-state index < -0.39 is 12.2 Å². The van der Waals surface area contributed by atoms with Crippen molar-refractivity contribution in [2.24, 2.45) is 5.73 Å². The molecule has 0 aliphatic rings. The van der Waals surface area contributed by atoms with Gasteiger partial charge in [0.25, 0.3) is 0 Å². The average Bonchev–Trinajstić information content (AvgIpc) is 2.15. The summed E-state index contributed by atoms with van der Waals surface area (Å²) in [7, 11) is 0. The lowest BCUT2D eigenvalue weighted by atomic mass is 10.1. The molecule has 0 saturated heterocycles. The van der Waals surface area contributed by atoms with Crippen LogP contribution in [0.15, 0.2) is 24.3 Å². The van der Waals surface area contributed by atoms with Crippen molar-refractivity contribution in [3.05, 3.63) is 35.4 Å². The Morgan fingerprint density at radius 2 is 1.71 bits per heavy atom. The molecule has 0 radical (unpaired) electrons. The van der Waals surface area contributed by atoms with E-state index in [-0.39, 0.29) is 5.56 Å². The fourth-order valence-corrected chi connectivity index (χ4v) is 0.954. The zero-order valence-electron chi connectivity index (χ0n) is 7.05. The van der Waals surface area contributed by atoms with Crippen LogP contribution in [0.1, 0.15) is 17.2 Å². The summed E-state index contributed by atoms with van der Waals surface area (Å²) in [6.45, 7) is 0. The molecule has 0 aromatic heterocycles. The minimum absolute atomic E-state index is 0.0449.